The highest BCUT2D eigenvalue weighted by Gasteiger charge is 2.27. The van der Waals surface area contributed by atoms with Crippen LogP contribution in [-0.4, -0.2) is 47.9 Å². The summed E-state index contributed by atoms with van der Waals surface area (Å²) in [6.07, 6.45) is 0. The van der Waals surface area contributed by atoms with Crippen LogP contribution in [0.2, 0.25) is 0 Å². The fourth-order valence-electron chi connectivity index (χ4n) is 4.13. The average Bonchev–Trinajstić information content (AvgIpc) is 3.49. The SMILES string of the molecule is CC(C)(C)c1ccc(N(Cn2nnc(NC(=O)c3ccccc3)n2)C(=O)Nc2ccc3c(c2)S(=O)CC3=O)cc1. The maximum absolute atomic E-state index is 13.5. The number of hydrogen-bond donors (Lipinski definition) is 2. The Hall–Kier alpha value is -4.71. The van der Waals surface area contributed by atoms with Crippen LogP contribution >= 0.6 is 0 Å². The van der Waals surface area contributed by atoms with Gasteiger partial charge in [-0.3, -0.25) is 24.0 Å². The molecule has 0 radical (unpaired) electrons. The quantitative estimate of drug-likeness (QED) is 0.362. The lowest BCUT2D eigenvalue weighted by atomic mass is 9.87. The van der Waals surface area contributed by atoms with Crippen LogP contribution in [-0.2, 0) is 22.9 Å². The van der Waals surface area contributed by atoms with E-state index in [-0.39, 0.29) is 35.5 Å². The van der Waals surface area contributed by atoms with E-state index in [9.17, 15) is 18.6 Å². The van der Waals surface area contributed by atoms with Crippen LogP contribution in [0.4, 0.5) is 22.1 Å². The normalized spacial score (nSPS) is 14.5. The molecule has 0 spiro atoms. The summed E-state index contributed by atoms with van der Waals surface area (Å²) in [4.78, 5) is 41.0. The summed E-state index contributed by atoms with van der Waals surface area (Å²) in [5, 5.41) is 17.5. The van der Waals surface area contributed by atoms with Crippen molar-refractivity contribution in [2.45, 2.75) is 37.8 Å². The fourth-order valence-corrected chi connectivity index (χ4v) is 5.37. The number of benzene rings is 3. The Balaban J connectivity index is 1.38. The number of urea groups is 1. The molecule has 1 aliphatic heterocycles. The fraction of sp³-hybridized carbons (Fsp3) is 0.214. The van der Waals surface area contributed by atoms with Crippen LogP contribution in [0.5, 0.6) is 0 Å². The molecule has 0 saturated carbocycles. The first kappa shape index (κ1) is 26.9. The predicted molar refractivity (Wildman–Crippen MR) is 151 cm³/mol. The minimum absolute atomic E-state index is 0.0111. The molecule has 5 rings (SSSR count). The zero-order valence-electron chi connectivity index (χ0n) is 22.1. The van der Waals surface area contributed by atoms with E-state index in [1.54, 1.807) is 48.5 Å². The van der Waals surface area contributed by atoms with E-state index in [4.69, 9.17) is 0 Å². The van der Waals surface area contributed by atoms with Gasteiger partial charge in [-0.05, 0) is 58.7 Å². The van der Waals surface area contributed by atoms with E-state index in [0.717, 1.165) is 5.56 Å². The summed E-state index contributed by atoms with van der Waals surface area (Å²) in [5.74, 6) is -0.637. The van der Waals surface area contributed by atoms with Crippen molar-refractivity contribution in [2.24, 2.45) is 0 Å². The number of amides is 3. The summed E-state index contributed by atoms with van der Waals surface area (Å²) in [6, 6.07) is 20.4. The number of nitrogens with zero attached hydrogens (tertiary/aromatic N) is 5. The lowest BCUT2D eigenvalue weighted by molar-refractivity contribution is 0.101. The highest BCUT2D eigenvalue weighted by Crippen LogP contribution is 2.28. The number of tetrazole rings is 1. The van der Waals surface area contributed by atoms with Crippen molar-refractivity contribution in [3.63, 3.8) is 0 Å². The topological polar surface area (TPSA) is 139 Å². The molecule has 1 unspecified atom stereocenters. The van der Waals surface area contributed by atoms with Crippen LogP contribution < -0.4 is 15.5 Å². The van der Waals surface area contributed by atoms with Gasteiger partial charge in [-0.25, -0.2) is 4.79 Å². The first-order valence-corrected chi connectivity index (χ1v) is 13.8. The summed E-state index contributed by atoms with van der Waals surface area (Å²) >= 11 is 0. The van der Waals surface area contributed by atoms with Gasteiger partial charge in [-0.2, -0.15) is 0 Å². The summed E-state index contributed by atoms with van der Waals surface area (Å²) < 4.78 is 12.3. The average molecular weight is 558 g/mol. The number of fused-ring (bicyclic) bond motifs is 1. The summed E-state index contributed by atoms with van der Waals surface area (Å²) in [5.41, 5.74) is 2.82. The smallest absolute Gasteiger partial charge is 0.307 e. The van der Waals surface area contributed by atoms with Crippen molar-refractivity contribution in [1.82, 2.24) is 20.2 Å². The van der Waals surface area contributed by atoms with Gasteiger partial charge in [0, 0.05) is 22.5 Å². The van der Waals surface area contributed by atoms with Gasteiger partial charge < -0.3 is 5.32 Å². The lowest BCUT2D eigenvalue weighted by Crippen LogP contribution is -2.37. The largest absolute Gasteiger partial charge is 0.327 e. The molecule has 11 nitrogen and oxygen atoms in total. The molecule has 2 heterocycles. The molecule has 2 N–H and O–H groups in total. The van der Waals surface area contributed by atoms with Gasteiger partial charge in [-0.1, -0.05) is 56.2 Å². The van der Waals surface area contributed by atoms with Gasteiger partial charge >= 0.3 is 6.03 Å². The molecular formula is C28H27N7O4S. The monoisotopic (exact) mass is 557 g/mol. The highest BCUT2D eigenvalue weighted by molar-refractivity contribution is 7.86. The number of ketones is 1. The Morgan fingerprint density at radius 3 is 2.42 bits per heavy atom. The minimum atomic E-state index is -1.44. The van der Waals surface area contributed by atoms with Crippen LogP contribution in [0.25, 0.3) is 0 Å². The van der Waals surface area contributed by atoms with Crippen molar-refractivity contribution < 1.29 is 18.6 Å². The molecule has 3 amide bonds. The second-order valence-electron chi connectivity index (χ2n) is 10.2. The number of rotatable bonds is 6. The number of aromatic nitrogens is 4. The Labute approximate surface area is 233 Å². The van der Waals surface area contributed by atoms with E-state index in [1.165, 1.54) is 9.70 Å². The first-order chi connectivity index (χ1) is 19.1. The maximum atomic E-state index is 13.5. The highest BCUT2D eigenvalue weighted by atomic mass is 32.2. The molecule has 1 aliphatic rings. The Morgan fingerprint density at radius 2 is 1.73 bits per heavy atom. The molecular weight excluding hydrogens is 530 g/mol. The van der Waals surface area contributed by atoms with E-state index in [2.05, 4.69) is 46.8 Å². The number of nitrogens with one attached hydrogen (secondary N) is 2. The molecule has 204 valence electrons. The Morgan fingerprint density at radius 1 is 1.00 bits per heavy atom. The predicted octanol–water partition coefficient (Wildman–Crippen LogP) is 4.22. The van der Waals surface area contributed by atoms with Crippen LogP contribution in [0.15, 0.2) is 77.7 Å². The number of Topliss-reactive ketones (excluding diaryl/α,β-unsaturated/α-hetero) is 1. The molecule has 1 atom stereocenters. The van der Waals surface area contributed by atoms with Gasteiger partial charge in [0.25, 0.3) is 11.9 Å². The van der Waals surface area contributed by atoms with Gasteiger partial charge in [0.2, 0.25) is 0 Å². The van der Waals surface area contributed by atoms with Crippen LogP contribution in [0.3, 0.4) is 0 Å². The summed E-state index contributed by atoms with van der Waals surface area (Å²) in [7, 11) is -1.44. The number of carbonyl (C=O) groups is 3. The zero-order valence-corrected chi connectivity index (χ0v) is 22.9. The molecule has 3 aromatic carbocycles. The second-order valence-corrected chi connectivity index (χ2v) is 11.6. The third-order valence-electron chi connectivity index (χ3n) is 6.31. The van der Waals surface area contributed by atoms with Gasteiger partial charge in [0.15, 0.2) is 5.78 Å². The van der Waals surface area contributed by atoms with Crippen molar-refractivity contribution in [3.8, 4) is 0 Å². The first-order valence-electron chi connectivity index (χ1n) is 12.5. The molecule has 0 saturated heterocycles. The number of anilines is 3. The third kappa shape index (κ3) is 5.81. The molecule has 0 bridgehead atoms. The third-order valence-corrected chi connectivity index (χ3v) is 7.67. The van der Waals surface area contributed by atoms with Crippen molar-refractivity contribution in [3.05, 3.63) is 89.5 Å². The van der Waals surface area contributed by atoms with Crippen molar-refractivity contribution in [1.29, 1.82) is 0 Å². The Kier molecular flexibility index (Phi) is 7.26. The van der Waals surface area contributed by atoms with Crippen molar-refractivity contribution in [2.75, 3.05) is 21.3 Å². The van der Waals surface area contributed by atoms with Gasteiger partial charge in [0.05, 0.1) is 21.4 Å². The van der Waals surface area contributed by atoms with E-state index >= 15 is 0 Å². The molecule has 1 aromatic heterocycles. The Bertz CT molecular complexity index is 1610. The molecule has 4 aromatic rings. The van der Waals surface area contributed by atoms with Gasteiger partial charge in [-0.15, -0.1) is 9.90 Å². The number of carbonyl (C=O) groups excluding carboxylic acids is 3. The van der Waals surface area contributed by atoms with E-state index in [0.29, 0.717) is 27.4 Å². The maximum Gasteiger partial charge on any atom is 0.327 e. The molecule has 0 fully saturated rings. The van der Waals surface area contributed by atoms with Crippen LogP contribution in [0.1, 0.15) is 47.1 Å². The van der Waals surface area contributed by atoms with E-state index < -0.39 is 16.8 Å². The molecule has 12 heteroatoms. The van der Waals surface area contributed by atoms with Gasteiger partial charge in [0.1, 0.15) is 6.67 Å². The number of hydrogen-bond acceptors (Lipinski definition) is 7. The second kappa shape index (κ2) is 10.8. The standard InChI is InChI=1S/C28H27N7O4S/c1-28(2,3)19-9-12-21(13-10-19)34(27(38)29-20-11-14-22-23(36)16-40(39)24(22)15-20)17-35-32-26(31-33-35)30-25(37)18-7-5-4-6-8-18/h4-15H,16-17H2,1-3H3,(H,29,38)(H,30,32,37). The minimum Gasteiger partial charge on any atom is -0.307 e. The lowest BCUT2D eigenvalue weighted by Gasteiger charge is -2.24. The zero-order chi connectivity index (χ0) is 28.4. The van der Waals surface area contributed by atoms with Crippen molar-refractivity contribution >= 4 is 45.8 Å². The molecule has 0 aliphatic carbocycles. The van der Waals surface area contributed by atoms with Crippen LogP contribution in [0, 0.1) is 0 Å². The van der Waals surface area contributed by atoms with E-state index in [1.807, 2.05) is 24.3 Å². The molecule has 40 heavy (non-hydrogen) atoms. The summed E-state index contributed by atoms with van der Waals surface area (Å²) in [6.45, 7) is 6.17.